The van der Waals surface area contributed by atoms with Gasteiger partial charge in [0.25, 0.3) is 5.91 Å². The number of hydrogen-bond acceptors (Lipinski definition) is 5. The first kappa shape index (κ1) is 9.88. The lowest BCUT2D eigenvalue weighted by molar-refractivity contribution is -0.392. The standard InChI is InChI=1S/C7H16N2O3/c1-10-7(11-2)6-8-4-5-9(7)12-3/h8H,4-6H2,1-3H3. The van der Waals surface area contributed by atoms with Crippen molar-refractivity contribution < 1.29 is 14.3 Å². The maximum atomic E-state index is 5.25. The third-order valence-electron chi connectivity index (χ3n) is 2.08. The fourth-order valence-corrected chi connectivity index (χ4v) is 1.35. The average molecular weight is 176 g/mol. The molecule has 0 aromatic carbocycles. The van der Waals surface area contributed by atoms with Crippen molar-refractivity contribution in [2.24, 2.45) is 0 Å². The molecular weight excluding hydrogens is 160 g/mol. The molecule has 1 fully saturated rings. The van der Waals surface area contributed by atoms with Gasteiger partial charge in [0.15, 0.2) is 0 Å². The van der Waals surface area contributed by atoms with Crippen molar-refractivity contribution in [2.75, 3.05) is 41.0 Å². The number of methoxy groups -OCH3 is 2. The Kier molecular flexibility index (Phi) is 3.42. The molecule has 0 atom stereocenters. The largest absolute Gasteiger partial charge is 0.338 e. The van der Waals surface area contributed by atoms with Crippen LogP contribution in [0.4, 0.5) is 0 Å². The molecule has 0 bridgehead atoms. The van der Waals surface area contributed by atoms with Crippen LogP contribution in [0.5, 0.6) is 0 Å². The summed E-state index contributed by atoms with van der Waals surface area (Å²) < 4.78 is 10.5. The Hall–Kier alpha value is -0.200. The number of piperazine rings is 1. The zero-order valence-electron chi connectivity index (χ0n) is 7.79. The van der Waals surface area contributed by atoms with Gasteiger partial charge in [-0.3, -0.25) is 4.84 Å². The molecule has 1 aliphatic rings. The number of rotatable bonds is 3. The average Bonchev–Trinajstić information content (AvgIpc) is 2.17. The lowest BCUT2D eigenvalue weighted by Gasteiger charge is -2.42. The fraction of sp³-hybridized carbons (Fsp3) is 1.00. The Morgan fingerprint density at radius 2 is 1.92 bits per heavy atom. The molecule has 0 aromatic heterocycles. The van der Waals surface area contributed by atoms with E-state index in [1.54, 1.807) is 26.4 Å². The van der Waals surface area contributed by atoms with Gasteiger partial charge in [0.05, 0.1) is 13.7 Å². The van der Waals surface area contributed by atoms with Crippen molar-refractivity contribution in [1.29, 1.82) is 0 Å². The van der Waals surface area contributed by atoms with E-state index in [9.17, 15) is 0 Å². The van der Waals surface area contributed by atoms with Gasteiger partial charge in [-0.05, 0) is 0 Å². The van der Waals surface area contributed by atoms with Gasteiger partial charge in [0, 0.05) is 27.3 Å². The van der Waals surface area contributed by atoms with Crippen LogP contribution in [0.15, 0.2) is 0 Å². The van der Waals surface area contributed by atoms with Gasteiger partial charge in [0.1, 0.15) is 0 Å². The summed E-state index contributed by atoms with van der Waals surface area (Å²) in [7, 11) is 4.81. The zero-order chi connectivity index (χ0) is 9.03. The van der Waals surface area contributed by atoms with Crippen molar-refractivity contribution in [1.82, 2.24) is 10.4 Å². The molecule has 0 radical (unpaired) electrons. The second kappa shape index (κ2) is 4.15. The minimum atomic E-state index is -0.771. The first-order valence-corrected chi connectivity index (χ1v) is 3.92. The molecule has 0 unspecified atom stereocenters. The minimum Gasteiger partial charge on any atom is -0.338 e. The monoisotopic (exact) mass is 176 g/mol. The molecule has 72 valence electrons. The summed E-state index contributed by atoms with van der Waals surface area (Å²) in [6.45, 7) is 2.23. The van der Waals surface area contributed by atoms with Crippen LogP contribution >= 0.6 is 0 Å². The number of ether oxygens (including phenoxy) is 2. The quantitative estimate of drug-likeness (QED) is 0.582. The minimum absolute atomic E-state index is 0.605. The molecule has 0 saturated carbocycles. The summed E-state index contributed by atoms with van der Waals surface area (Å²) in [5, 5.41) is 4.85. The smallest absolute Gasteiger partial charge is 0.264 e. The van der Waals surface area contributed by atoms with Gasteiger partial charge >= 0.3 is 0 Å². The van der Waals surface area contributed by atoms with Crippen molar-refractivity contribution in [3.63, 3.8) is 0 Å². The maximum Gasteiger partial charge on any atom is 0.264 e. The topological polar surface area (TPSA) is 43.0 Å². The van der Waals surface area contributed by atoms with Crippen LogP contribution in [0.1, 0.15) is 0 Å². The van der Waals surface area contributed by atoms with Crippen LogP contribution in [0.3, 0.4) is 0 Å². The maximum absolute atomic E-state index is 5.25. The van der Waals surface area contributed by atoms with Crippen molar-refractivity contribution in [3.8, 4) is 0 Å². The second-order valence-electron chi connectivity index (χ2n) is 2.58. The Balaban J connectivity index is 2.66. The normalized spacial score (nSPS) is 24.2. The molecule has 1 aliphatic heterocycles. The predicted octanol–water partition coefficient (Wildman–Crippen LogP) is -0.600. The third-order valence-corrected chi connectivity index (χ3v) is 2.08. The van der Waals surface area contributed by atoms with Gasteiger partial charge in [-0.1, -0.05) is 0 Å². The zero-order valence-corrected chi connectivity index (χ0v) is 7.79. The van der Waals surface area contributed by atoms with Crippen molar-refractivity contribution in [3.05, 3.63) is 0 Å². The van der Waals surface area contributed by atoms with Crippen LogP contribution in [0.2, 0.25) is 0 Å². The molecule has 1 saturated heterocycles. The molecule has 1 rings (SSSR count). The number of nitrogens with one attached hydrogen (secondary N) is 1. The highest BCUT2D eigenvalue weighted by Gasteiger charge is 2.40. The first-order chi connectivity index (χ1) is 5.79. The van der Waals surface area contributed by atoms with E-state index < -0.39 is 5.91 Å². The summed E-state index contributed by atoms with van der Waals surface area (Å²) in [5.74, 6) is -0.771. The van der Waals surface area contributed by atoms with Gasteiger partial charge < -0.3 is 14.8 Å². The molecule has 5 heteroatoms. The summed E-state index contributed by atoms with van der Waals surface area (Å²) >= 11 is 0. The van der Waals surface area contributed by atoms with Crippen LogP contribution < -0.4 is 5.32 Å². The van der Waals surface area contributed by atoms with E-state index in [1.807, 2.05) is 0 Å². The van der Waals surface area contributed by atoms with E-state index in [2.05, 4.69) is 5.32 Å². The Morgan fingerprint density at radius 3 is 2.33 bits per heavy atom. The SMILES string of the molecule is CON1CCNCC1(OC)OC. The van der Waals surface area contributed by atoms with Gasteiger partial charge in [-0.25, -0.2) is 0 Å². The van der Waals surface area contributed by atoms with Crippen LogP contribution in [0, 0.1) is 0 Å². The van der Waals surface area contributed by atoms with Gasteiger partial charge in [-0.2, -0.15) is 0 Å². The highest BCUT2D eigenvalue weighted by atomic mass is 16.8. The number of nitrogens with zero attached hydrogens (tertiary/aromatic N) is 1. The molecular formula is C7H16N2O3. The van der Waals surface area contributed by atoms with E-state index in [4.69, 9.17) is 14.3 Å². The van der Waals surface area contributed by atoms with Crippen LogP contribution in [0.25, 0.3) is 0 Å². The summed E-state index contributed by atoms with van der Waals surface area (Å²) in [4.78, 5) is 5.13. The lowest BCUT2D eigenvalue weighted by atomic mass is 10.3. The molecule has 5 nitrogen and oxygen atoms in total. The molecule has 0 aliphatic carbocycles. The van der Waals surface area contributed by atoms with E-state index in [1.165, 1.54) is 0 Å². The fourth-order valence-electron chi connectivity index (χ4n) is 1.35. The second-order valence-corrected chi connectivity index (χ2v) is 2.58. The van der Waals surface area contributed by atoms with E-state index in [0.29, 0.717) is 6.54 Å². The van der Waals surface area contributed by atoms with E-state index in [-0.39, 0.29) is 0 Å². The van der Waals surface area contributed by atoms with E-state index >= 15 is 0 Å². The highest BCUT2D eigenvalue weighted by Crippen LogP contribution is 2.18. The van der Waals surface area contributed by atoms with Gasteiger partial charge in [-0.15, -0.1) is 5.06 Å². The molecule has 1 heterocycles. The first-order valence-electron chi connectivity index (χ1n) is 3.92. The molecule has 12 heavy (non-hydrogen) atoms. The Morgan fingerprint density at radius 1 is 1.25 bits per heavy atom. The summed E-state index contributed by atoms with van der Waals surface area (Å²) in [6.07, 6.45) is 0. The lowest BCUT2D eigenvalue weighted by Crippen LogP contribution is -2.62. The molecule has 1 N–H and O–H groups in total. The van der Waals surface area contributed by atoms with Crippen LogP contribution in [-0.2, 0) is 14.3 Å². The predicted molar refractivity (Wildman–Crippen MR) is 43.3 cm³/mol. The molecule has 0 aromatic rings. The Labute approximate surface area is 72.5 Å². The molecule has 0 amide bonds. The summed E-state index contributed by atoms with van der Waals surface area (Å²) in [6, 6.07) is 0. The molecule has 0 spiro atoms. The van der Waals surface area contributed by atoms with E-state index in [0.717, 1.165) is 13.1 Å². The van der Waals surface area contributed by atoms with Crippen molar-refractivity contribution >= 4 is 0 Å². The van der Waals surface area contributed by atoms with Crippen molar-refractivity contribution in [2.45, 2.75) is 5.91 Å². The summed E-state index contributed by atoms with van der Waals surface area (Å²) in [5.41, 5.74) is 0. The van der Waals surface area contributed by atoms with Crippen LogP contribution in [-0.4, -0.2) is 51.9 Å². The van der Waals surface area contributed by atoms with Gasteiger partial charge in [0.2, 0.25) is 0 Å². The number of hydroxylamine groups is 2. The third kappa shape index (κ3) is 1.60. The highest BCUT2D eigenvalue weighted by molar-refractivity contribution is 4.75. The Bertz CT molecular complexity index is 139. The number of hydrogen-bond donors (Lipinski definition) is 1.